The molecule has 110 valence electrons. The lowest BCUT2D eigenvalue weighted by molar-refractivity contribution is 0.0944. The van der Waals surface area contributed by atoms with Gasteiger partial charge < -0.3 is 19.9 Å². The Bertz CT molecular complexity index is 682. The fourth-order valence-electron chi connectivity index (χ4n) is 2.33. The van der Waals surface area contributed by atoms with E-state index in [0.717, 1.165) is 11.0 Å². The number of aromatic nitrogens is 2. The van der Waals surface area contributed by atoms with E-state index in [-0.39, 0.29) is 18.1 Å². The van der Waals surface area contributed by atoms with Crippen molar-refractivity contribution < 1.29 is 14.3 Å². The number of hydrogen-bond donors (Lipinski definition) is 2. The predicted molar refractivity (Wildman–Crippen MR) is 75.9 cm³/mol. The first kappa shape index (κ1) is 13.4. The summed E-state index contributed by atoms with van der Waals surface area (Å²) in [7, 11) is 1.69. The molecule has 1 aliphatic heterocycles. The van der Waals surface area contributed by atoms with Gasteiger partial charge in [-0.25, -0.2) is 9.78 Å². The average molecular weight is 288 g/mol. The van der Waals surface area contributed by atoms with Gasteiger partial charge in [0, 0.05) is 25.6 Å². The Balaban J connectivity index is 1.53. The van der Waals surface area contributed by atoms with Crippen molar-refractivity contribution in [3.8, 4) is 0 Å². The number of nitrogens with one attached hydrogen (secondary N) is 2. The van der Waals surface area contributed by atoms with Gasteiger partial charge in [-0.05, 0) is 18.2 Å². The Morgan fingerprint density at radius 3 is 3.19 bits per heavy atom. The molecule has 2 aromatic rings. The van der Waals surface area contributed by atoms with Crippen molar-refractivity contribution in [2.45, 2.75) is 12.5 Å². The number of imidazole rings is 1. The second kappa shape index (κ2) is 5.43. The highest BCUT2D eigenvalue weighted by molar-refractivity contribution is 5.97. The maximum absolute atomic E-state index is 12.0. The van der Waals surface area contributed by atoms with Crippen molar-refractivity contribution in [1.82, 2.24) is 20.2 Å². The van der Waals surface area contributed by atoms with E-state index in [1.54, 1.807) is 31.6 Å². The van der Waals surface area contributed by atoms with Crippen LogP contribution >= 0.6 is 0 Å². The number of likely N-dealkylation sites (N-methyl/N-ethyl adjacent to an activating group) is 1. The molecule has 2 heterocycles. The molecule has 1 saturated heterocycles. The van der Waals surface area contributed by atoms with Gasteiger partial charge in [-0.15, -0.1) is 0 Å². The van der Waals surface area contributed by atoms with Crippen LogP contribution in [0.15, 0.2) is 24.5 Å². The van der Waals surface area contributed by atoms with Crippen LogP contribution in [-0.2, 0) is 4.74 Å². The number of fused-ring (bicyclic) bond motifs is 1. The third-order valence-electron chi connectivity index (χ3n) is 3.49. The van der Waals surface area contributed by atoms with E-state index in [2.05, 4.69) is 15.3 Å². The van der Waals surface area contributed by atoms with Crippen LogP contribution in [-0.4, -0.2) is 53.1 Å². The molecule has 21 heavy (non-hydrogen) atoms. The summed E-state index contributed by atoms with van der Waals surface area (Å²) >= 11 is 0. The van der Waals surface area contributed by atoms with Crippen LogP contribution in [0.5, 0.6) is 0 Å². The number of H-pyrrole nitrogens is 1. The second-order valence-electron chi connectivity index (χ2n) is 5.07. The Morgan fingerprint density at radius 1 is 1.57 bits per heavy atom. The molecule has 0 spiro atoms. The van der Waals surface area contributed by atoms with Crippen molar-refractivity contribution in [2.24, 2.45) is 0 Å². The van der Waals surface area contributed by atoms with E-state index in [1.165, 1.54) is 4.90 Å². The van der Waals surface area contributed by atoms with Gasteiger partial charge in [0.15, 0.2) is 0 Å². The minimum atomic E-state index is -0.309. The molecule has 0 radical (unpaired) electrons. The number of ether oxygens (including phenoxy) is 1. The van der Waals surface area contributed by atoms with E-state index >= 15 is 0 Å². The summed E-state index contributed by atoms with van der Waals surface area (Å²) < 4.78 is 5.13. The highest BCUT2D eigenvalue weighted by Gasteiger charge is 2.27. The van der Waals surface area contributed by atoms with Crippen LogP contribution in [0.4, 0.5) is 4.79 Å². The molecule has 7 heteroatoms. The molecule has 1 aromatic heterocycles. The second-order valence-corrected chi connectivity index (χ2v) is 5.07. The number of hydrogen-bond acceptors (Lipinski definition) is 4. The van der Waals surface area contributed by atoms with Gasteiger partial charge in [-0.3, -0.25) is 4.79 Å². The summed E-state index contributed by atoms with van der Waals surface area (Å²) in [6.07, 6.45) is 1.74. The van der Waals surface area contributed by atoms with Crippen LogP contribution in [0.1, 0.15) is 16.8 Å². The van der Waals surface area contributed by atoms with Crippen molar-refractivity contribution in [3.05, 3.63) is 30.1 Å². The van der Waals surface area contributed by atoms with Crippen molar-refractivity contribution in [1.29, 1.82) is 0 Å². The first-order valence-electron chi connectivity index (χ1n) is 6.76. The van der Waals surface area contributed by atoms with E-state index in [4.69, 9.17) is 4.74 Å². The van der Waals surface area contributed by atoms with Gasteiger partial charge in [0.1, 0.15) is 6.10 Å². The van der Waals surface area contributed by atoms with Crippen LogP contribution in [0.3, 0.4) is 0 Å². The number of benzene rings is 1. The molecule has 2 amide bonds. The standard InChI is InChI=1S/C14H16N4O3/c1-18-7-10(21-14(18)20)4-5-15-13(19)9-2-3-11-12(6-9)17-8-16-11/h2-3,6,8,10H,4-5,7H2,1H3,(H,15,19)(H,16,17). The zero-order valence-electron chi connectivity index (χ0n) is 11.6. The van der Waals surface area contributed by atoms with Gasteiger partial charge >= 0.3 is 6.09 Å². The third-order valence-corrected chi connectivity index (χ3v) is 3.49. The first-order valence-corrected chi connectivity index (χ1v) is 6.76. The molecule has 3 rings (SSSR count). The Hall–Kier alpha value is -2.57. The lowest BCUT2D eigenvalue weighted by Gasteiger charge is -2.09. The zero-order valence-corrected chi connectivity index (χ0v) is 11.6. The molecule has 1 fully saturated rings. The van der Waals surface area contributed by atoms with E-state index in [0.29, 0.717) is 25.1 Å². The van der Waals surface area contributed by atoms with E-state index in [9.17, 15) is 9.59 Å². The quantitative estimate of drug-likeness (QED) is 0.883. The Morgan fingerprint density at radius 2 is 2.43 bits per heavy atom. The normalized spacial score (nSPS) is 18.0. The SMILES string of the molecule is CN1CC(CCNC(=O)c2ccc3nc[nH]c3c2)OC1=O. The number of cyclic esters (lactones) is 1. The molecule has 2 N–H and O–H groups in total. The summed E-state index contributed by atoms with van der Waals surface area (Å²) in [5.74, 6) is -0.149. The molecule has 0 saturated carbocycles. The van der Waals surface area contributed by atoms with Gasteiger partial charge in [0.25, 0.3) is 5.91 Å². The minimum absolute atomic E-state index is 0.149. The largest absolute Gasteiger partial charge is 0.444 e. The highest BCUT2D eigenvalue weighted by Crippen LogP contribution is 2.13. The Kier molecular flexibility index (Phi) is 3.47. The lowest BCUT2D eigenvalue weighted by Crippen LogP contribution is -2.28. The number of amides is 2. The zero-order chi connectivity index (χ0) is 14.8. The predicted octanol–water partition coefficient (Wildman–Crippen LogP) is 1.13. The lowest BCUT2D eigenvalue weighted by atomic mass is 10.2. The molecule has 7 nitrogen and oxygen atoms in total. The summed E-state index contributed by atoms with van der Waals surface area (Å²) in [5.41, 5.74) is 2.23. The average Bonchev–Trinajstić information content (AvgIpc) is 3.05. The summed E-state index contributed by atoms with van der Waals surface area (Å²) in [5, 5.41) is 2.83. The maximum Gasteiger partial charge on any atom is 0.409 e. The molecule has 0 aliphatic carbocycles. The Labute approximate surface area is 121 Å². The van der Waals surface area contributed by atoms with E-state index < -0.39 is 0 Å². The summed E-state index contributed by atoms with van der Waals surface area (Å²) in [6.45, 7) is 1.03. The van der Waals surface area contributed by atoms with Gasteiger partial charge in [-0.1, -0.05) is 0 Å². The minimum Gasteiger partial charge on any atom is -0.444 e. The van der Waals surface area contributed by atoms with Gasteiger partial charge in [-0.2, -0.15) is 0 Å². The number of carbonyl (C=O) groups is 2. The number of rotatable bonds is 4. The van der Waals surface area contributed by atoms with Gasteiger partial charge in [0.05, 0.1) is 23.9 Å². The maximum atomic E-state index is 12.0. The smallest absolute Gasteiger partial charge is 0.409 e. The van der Waals surface area contributed by atoms with Crippen LogP contribution in [0.2, 0.25) is 0 Å². The van der Waals surface area contributed by atoms with Crippen molar-refractivity contribution in [2.75, 3.05) is 20.1 Å². The summed E-state index contributed by atoms with van der Waals surface area (Å²) in [6, 6.07) is 5.30. The van der Waals surface area contributed by atoms with Crippen LogP contribution in [0.25, 0.3) is 11.0 Å². The number of carbonyl (C=O) groups excluding carboxylic acids is 2. The molecule has 1 atom stereocenters. The molecular formula is C14H16N4O3. The molecule has 1 unspecified atom stereocenters. The topological polar surface area (TPSA) is 87.3 Å². The number of nitrogens with zero attached hydrogens (tertiary/aromatic N) is 2. The van der Waals surface area contributed by atoms with Crippen molar-refractivity contribution in [3.63, 3.8) is 0 Å². The third kappa shape index (κ3) is 2.81. The fourth-order valence-corrected chi connectivity index (χ4v) is 2.33. The monoisotopic (exact) mass is 288 g/mol. The first-order chi connectivity index (χ1) is 10.1. The summed E-state index contributed by atoms with van der Waals surface area (Å²) in [4.78, 5) is 31.9. The van der Waals surface area contributed by atoms with Crippen LogP contribution < -0.4 is 5.32 Å². The highest BCUT2D eigenvalue weighted by atomic mass is 16.6. The van der Waals surface area contributed by atoms with Gasteiger partial charge in [0.2, 0.25) is 0 Å². The molecule has 1 aliphatic rings. The molecule has 1 aromatic carbocycles. The van der Waals surface area contributed by atoms with Crippen LogP contribution in [0, 0.1) is 0 Å². The fraction of sp³-hybridized carbons (Fsp3) is 0.357. The van der Waals surface area contributed by atoms with E-state index in [1.807, 2.05) is 0 Å². The van der Waals surface area contributed by atoms with Crippen molar-refractivity contribution >= 4 is 23.0 Å². The molecular weight excluding hydrogens is 272 g/mol. The molecule has 0 bridgehead atoms. The number of aromatic amines is 1.